The van der Waals surface area contributed by atoms with Crippen molar-refractivity contribution in [2.24, 2.45) is 5.92 Å². The van der Waals surface area contributed by atoms with E-state index in [0.29, 0.717) is 6.61 Å². The van der Waals surface area contributed by atoms with Crippen LogP contribution < -0.4 is 10.2 Å². The first-order chi connectivity index (χ1) is 9.28. The number of thiazole rings is 1. The summed E-state index contributed by atoms with van der Waals surface area (Å²) in [5.74, 6) is 0.909. The predicted octanol–water partition coefficient (Wildman–Crippen LogP) is 2.64. The highest BCUT2D eigenvalue weighted by atomic mass is 32.1. The van der Waals surface area contributed by atoms with Crippen molar-refractivity contribution in [3.8, 4) is 0 Å². The van der Waals surface area contributed by atoms with E-state index in [1.54, 1.807) is 7.11 Å². The lowest BCUT2D eigenvalue weighted by Crippen LogP contribution is -2.33. The number of anilines is 1. The van der Waals surface area contributed by atoms with E-state index in [-0.39, 0.29) is 0 Å². The van der Waals surface area contributed by atoms with Crippen molar-refractivity contribution in [1.29, 1.82) is 0 Å². The van der Waals surface area contributed by atoms with E-state index in [1.165, 1.54) is 29.3 Å². The summed E-state index contributed by atoms with van der Waals surface area (Å²) in [5, 5.41) is 4.38. The van der Waals surface area contributed by atoms with Gasteiger partial charge in [0.2, 0.25) is 0 Å². The Bertz CT molecular complexity index is 363. The molecule has 108 valence electrons. The second-order valence-corrected chi connectivity index (χ2v) is 6.23. The van der Waals surface area contributed by atoms with Crippen LogP contribution in [0.4, 0.5) is 5.13 Å². The normalized spacial score (nSPS) is 17.1. The number of nitrogens with one attached hydrogen (secondary N) is 1. The lowest BCUT2D eigenvalue weighted by Gasteiger charge is -2.31. The predicted molar refractivity (Wildman–Crippen MR) is 80.8 cm³/mol. The third-order valence-corrected chi connectivity index (χ3v) is 5.01. The maximum atomic E-state index is 5.25. The summed E-state index contributed by atoms with van der Waals surface area (Å²) >= 11 is 1.81. The van der Waals surface area contributed by atoms with E-state index < -0.39 is 0 Å². The highest BCUT2D eigenvalue weighted by molar-refractivity contribution is 7.15. The molecule has 0 aromatic carbocycles. The molecule has 1 fully saturated rings. The van der Waals surface area contributed by atoms with Crippen molar-refractivity contribution < 1.29 is 4.74 Å². The third kappa shape index (κ3) is 3.68. The van der Waals surface area contributed by atoms with Crippen molar-refractivity contribution in [3.05, 3.63) is 10.6 Å². The van der Waals surface area contributed by atoms with Crippen LogP contribution in [-0.4, -0.2) is 32.2 Å². The number of rotatable bonds is 6. The monoisotopic (exact) mass is 283 g/mol. The summed E-state index contributed by atoms with van der Waals surface area (Å²) < 4.78 is 5.25. The van der Waals surface area contributed by atoms with Gasteiger partial charge in [-0.1, -0.05) is 13.3 Å². The van der Waals surface area contributed by atoms with Crippen LogP contribution in [0.5, 0.6) is 0 Å². The molecular formula is C14H25N3OS. The van der Waals surface area contributed by atoms with Gasteiger partial charge in [0.15, 0.2) is 5.13 Å². The molecule has 1 aliphatic rings. The topological polar surface area (TPSA) is 37.4 Å². The molecule has 0 spiro atoms. The van der Waals surface area contributed by atoms with Crippen LogP contribution in [0.3, 0.4) is 0 Å². The van der Waals surface area contributed by atoms with E-state index in [0.717, 1.165) is 31.2 Å². The number of aromatic nitrogens is 1. The van der Waals surface area contributed by atoms with Gasteiger partial charge in [-0.15, -0.1) is 11.3 Å². The third-order valence-electron chi connectivity index (χ3n) is 3.85. The van der Waals surface area contributed by atoms with Gasteiger partial charge in [-0.05, 0) is 25.8 Å². The standard InChI is InChI=1S/C14H25N3OS/c1-4-11-5-7-17(8-6-11)14-16-12(10-18-3)13(19-14)9-15-2/h11,15H,4-10H2,1-3H3. The molecule has 0 radical (unpaired) electrons. The summed E-state index contributed by atoms with van der Waals surface area (Å²) in [7, 11) is 3.71. The molecule has 0 saturated carbocycles. The van der Waals surface area contributed by atoms with Crippen LogP contribution in [0.25, 0.3) is 0 Å². The summed E-state index contributed by atoms with van der Waals surface area (Å²) in [6.07, 6.45) is 3.92. The number of ether oxygens (including phenoxy) is 1. The van der Waals surface area contributed by atoms with Crippen molar-refractivity contribution in [1.82, 2.24) is 10.3 Å². The van der Waals surface area contributed by atoms with Crippen molar-refractivity contribution in [2.45, 2.75) is 39.3 Å². The Morgan fingerprint density at radius 1 is 1.42 bits per heavy atom. The Morgan fingerprint density at radius 2 is 2.16 bits per heavy atom. The fourth-order valence-corrected chi connectivity index (χ4v) is 3.71. The van der Waals surface area contributed by atoms with Crippen LogP contribution >= 0.6 is 11.3 Å². The average molecular weight is 283 g/mol. The zero-order chi connectivity index (χ0) is 13.7. The number of nitrogens with zero attached hydrogens (tertiary/aromatic N) is 2. The zero-order valence-electron chi connectivity index (χ0n) is 12.2. The van der Waals surface area contributed by atoms with E-state index in [1.807, 2.05) is 18.4 Å². The van der Waals surface area contributed by atoms with E-state index in [4.69, 9.17) is 9.72 Å². The number of methoxy groups -OCH3 is 1. The van der Waals surface area contributed by atoms with Gasteiger partial charge in [-0.25, -0.2) is 4.98 Å². The zero-order valence-corrected chi connectivity index (χ0v) is 13.1. The van der Waals surface area contributed by atoms with Gasteiger partial charge in [-0.2, -0.15) is 0 Å². The summed E-state index contributed by atoms with van der Waals surface area (Å²) in [5.41, 5.74) is 1.09. The molecule has 1 aromatic heterocycles. The second kappa shape index (κ2) is 7.22. The molecule has 1 saturated heterocycles. The molecule has 4 nitrogen and oxygen atoms in total. The molecule has 0 unspecified atom stereocenters. The van der Waals surface area contributed by atoms with Crippen LogP contribution in [-0.2, 0) is 17.9 Å². The van der Waals surface area contributed by atoms with Crippen molar-refractivity contribution in [3.63, 3.8) is 0 Å². The van der Waals surface area contributed by atoms with Gasteiger partial charge in [0.05, 0.1) is 12.3 Å². The molecule has 5 heteroatoms. The Morgan fingerprint density at radius 3 is 2.74 bits per heavy atom. The first-order valence-electron chi connectivity index (χ1n) is 7.15. The first kappa shape index (κ1) is 14.8. The maximum absolute atomic E-state index is 5.25. The largest absolute Gasteiger partial charge is 0.378 e. The molecule has 0 bridgehead atoms. The Hall–Kier alpha value is -0.650. The maximum Gasteiger partial charge on any atom is 0.185 e. The van der Waals surface area contributed by atoms with Gasteiger partial charge < -0.3 is 15.0 Å². The van der Waals surface area contributed by atoms with Gasteiger partial charge >= 0.3 is 0 Å². The van der Waals surface area contributed by atoms with Gasteiger partial charge in [-0.3, -0.25) is 0 Å². The summed E-state index contributed by atoms with van der Waals surface area (Å²) in [4.78, 5) is 8.51. The SMILES string of the molecule is CCC1CCN(c2nc(COC)c(CNC)s2)CC1. The van der Waals surface area contributed by atoms with Crippen molar-refractivity contribution in [2.75, 3.05) is 32.1 Å². The molecule has 1 aromatic rings. The highest BCUT2D eigenvalue weighted by Crippen LogP contribution is 2.30. The molecule has 0 amide bonds. The van der Waals surface area contributed by atoms with E-state index in [9.17, 15) is 0 Å². The fourth-order valence-electron chi connectivity index (χ4n) is 2.59. The number of piperidine rings is 1. The lowest BCUT2D eigenvalue weighted by molar-refractivity contribution is 0.181. The Balaban J connectivity index is 2.05. The highest BCUT2D eigenvalue weighted by Gasteiger charge is 2.21. The first-order valence-corrected chi connectivity index (χ1v) is 7.97. The smallest absolute Gasteiger partial charge is 0.185 e. The lowest BCUT2D eigenvalue weighted by atomic mass is 9.95. The Labute approximate surface area is 120 Å². The average Bonchev–Trinajstić information content (AvgIpc) is 2.83. The summed E-state index contributed by atoms with van der Waals surface area (Å²) in [6, 6.07) is 0. The van der Waals surface area contributed by atoms with Crippen LogP contribution in [0.2, 0.25) is 0 Å². The molecule has 2 heterocycles. The van der Waals surface area contributed by atoms with Crippen LogP contribution in [0, 0.1) is 5.92 Å². The molecule has 0 aliphatic carbocycles. The van der Waals surface area contributed by atoms with E-state index in [2.05, 4.69) is 17.1 Å². The molecule has 19 heavy (non-hydrogen) atoms. The Kier molecular flexibility index (Phi) is 5.60. The van der Waals surface area contributed by atoms with Gasteiger partial charge in [0, 0.05) is 31.6 Å². The molecule has 0 atom stereocenters. The molecule has 1 N–H and O–H groups in total. The minimum atomic E-state index is 0.610. The quantitative estimate of drug-likeness (QED) is 0.871. The van der Waals surface area contributed by atoms with Crippen LogP contribution in [0.15, 0.2) is 0 Å². The van der Waals surface area contributed by atoms with Crippen LogP contribution in [0.1, 0.15) is 36.8 Å². The van der Waals surface area contributed by atoms with Crippen molar-refractivity contribution >= 4 is 16.5 Å². The minimum absolute atomic E-state index is 0.610. The van der Waals surface area contributed by atoms with Gasteiger partial charge in [0.1, 0.15) is 0 Å². The molecule has 2 rings (SSSR count). The molecule has 1 aliphatic heterocycles. The second-order valence-electron chi connectivity index (χ2n) is 5.17. The fraction of sp³-hybridized carbons (Fsp3) is 0.786. The van der Waals surface area contributed by atoms with Gasteiger partial charge in [0.25, 0.3) is 0 Å². The number of hydrogen-bond acceptors (Lipinski definition) is 5. The minimum Gasteiger partial charge on any atom is -0.378 e. The summed E-state index contributed by atoms with van der Waals surface area (Å²) in [6.45, 7) is 6.08. The number of hydrogen-bond donors (Lipinski definition) is 1. The molecular weight excluding hydrogens is 258 g/mol. The van der Waals surface area contributed by atoms with E-state index >= 15 is 0 Å².